The van der Waals surface area contributed by atoms with Gasteiger partial charge in [0.15, 0.2) is 0 Å². The van der Waals surface area contributed by atoms with E-state index in [4.69, 9.17) is 14.9 Å². The van der Waals surface area contributed by atoms with Crippen molar-refractivity contribution in [2.75, 3.05) is 12.0 Å². The largest absolute Gasteiger partial charge is 0.462 e. The van der Waals surface area contributed by atoms with E-state index in [1.165, 1.54) is 16.8 Å². The van der Waals surface area contributed by atoms with Crippen molar-refractivity contribution in [3.8, 4) is 0 Å². The molecule has 1 saturated carbocycles. The minimum Gasteiger partial charge on any atom is -0.462 e. The molecule has 1 fully saturated rings. The van der Waals surface area contributed by atoms with Gasteiger partial charge in [0, 0.05) is 12.6 Å². The van der Waals surface area contributed by atoms with Gasteiger partial charge in [0.05, 0.1) is 28.0 Å². The van der Waals surface area contributed by atoms with Crippen molar-refractivity contribution in [2.24, 2.45) is 0 Å². The van der Waals surface area contributed by atoms with Crippen LogP contribution in [0.15, 0.2) is 36.4 Å². The smallest absolute Gasteiger partial charge is 0.410 e. The van der Waals surface area contributed by atoms with Gasteiger partial charge in [-0.05, 0) is 76.4 Å². The fraction of sp³-hybridized carbons (Fsp3) is 0.385. The first-order valence-electron chi connectivity index (χ1n) is 11.9. The third kappa shape index (κ3) is 6.16. The Kier molecular flexibility index (Phi) is 7.35. The van der Waals surface area contributed by atoms with Crippen LogP contribution in [0.4, 0.5) is 9.18 Å². The van der Waals surface area contributed by atoms with Crippen LogP contribution in [0.2, 0.25) is 0 Å². The van der Waals surface area contributed by atoms with Gasteiger partial charge >= 0.3 is 12.1 Å². The lowest BCUT2D eigenvalue weighted by atomic mass is 10.1. The normalized spacial score (nSPS) is 13.3. The fourth-order valence-corrected chi connectivity index (χ4v) is 4.63. The van der Waals surface area contributed by atoms with Crippen LogP contribution < -0.4 is 10.2 Å². The summed E-state index contributed by atoms with van der Waals surface area (Å²) in [4.78, 5) is 39.1. The van der Waals surface area contributed by atoms with E-state index >= 15 is 0 Å². The molecule has 2 aromatic carbocycles. The summed E-state index contributed by atoms with van der Waals surface area (Å²) in [7, 11) is 0. The lowest BCUT2D eigenvalue weighted by Crippen LogP contribution is -2.37. The molecule has 9 nitrogen and oxygen atoms in total. The lowest BCUT2D eigenvalue weighted by molar-refractivity contribution is 0.0216. The first-order chi connectivity index (χ1) is 17.5. The summed E-state index contributed by atoms with van der Waals surface area (Å²) in [6.45, 7) is 7.49. The zero-order chi connectivity index (χ0) is 26.9. The Morgan fingerprint density at radius 2 is 1.92 bits per heavy atom. The monoisotopic (exact) mass is 528 g/mol. The van der Waals surface area contributed by atoms with Crippen molar-refractivity contribution in [2.45, 2.75) is 58.7 Å². The number of aromatic nitrogens is 1. The topological polar surface area (TPSA) is 114 Å². The van der Waals surface area contributed by atoms with Gasteiger partial charge in [-0.15, -0.1) is 0 Å². The number of hydrogen-bond acceptors (Lipinski definition) is 7. The average molecular weight is 529 g/mol. The summed E-state index contributed by atoms with van der Waals surface area (Å²) >= 11 is 1.06. The Morgan fingerprint density at radius 3 is 2.54 bits per heavy atom. The van der Waals surface area contributed by atoms with Crippen LogP contribution in [0.1, 0.15) is 66.8 Å². The molecule has 196 valence electrons. The highest BCUT2D eigenvalue weighted by Gasteiger charge is 2.35. The molecular weight excluding hydrogens is 499 g/mol. The molecule has 2 N–H and O–H groups in total. The summed E-state index contributed by atoms with van der Waals surface area (Å²) in [5.74, 6) is -1.96. The van der Waals surface area contributed by atoms with Gasteiger partial charge in [-0.25, -0.2) is 18.7 Å². The molecule has 3 aromatic rings. The van der Waals surface area contributed by atoms with Gasteiger partial charge in [0.1, 0.15) is 11.4 Å². The van der Waals surface area contributed by atoms with Gasteiger partial charge in [0.25, 0.3) is 5.91 Å². The van der Waals surface area contributed by atoms with Crippen LogP contribution >= 0.6 is 11.3 Å². The van der Waals surface area contributed by atoms with Gasteiger partial charge < -0.3 is 14.4 Å². The lowest BCUT2D eigenvalue weighted by Gasteiger charge is -2.27. The molecule has 0 spiro atoms. The van der Waals surface area contributed by atoms with Crippen molar-refractivity contribution >= 4 is 39.5 Å². The fourth-order valence-electron chi connectivity index (χ4n) is 3.74. The number of benzene rings is 2. The molecule has 37 heavy (non-hydrogen) atoms. The van der Waals surface area contributed by atoms with Gasteiger partial charge in [-0.1, -0.05) is 17.4 Å². The van der Waals surface area contributed by atoms with E-state index in [-0.39, 0.29) is 29.6 Å². The van der Waals surface area contributed by atoms with Crippen molar-refractivity contribution in [1.29, 1.82) is 5.41 Å². The summed E-state index contributed by atoms with van der Waals surface area (Å²) in [6.07, 6.45) is 1.28. The Labute approximate surface area is 217 Å². The van der Waals surface area contributed by atoms with E-state index in [2.05, 4.69) is 5.43 Å². The molecular formula is C26H29FN4O5S. The molecule has 4 rings (SSSR count). The van der Waals surface area contributed by atoms with Crippen LogP contribution in [0, 0.1) is 11.2 Å². The highest BCUT2D eigenvalue weighted by molar-refractivity contribution is 7.16. The minimum atomic E-state index is -0.744. The number of hydrogen-bond donors (Lipinski definition) is 2. The van der Waals surface area contributed by atoms with E-state index in [1.807, 2.05) is 0 Å². The standard InChI is InChI=1S/C26H29FN4O5S/c1-5-35-23(33)16-7-11-20-21(13-16)37-24(28)31(20)29-22(32)18-10-6-15(12-19(18)27)14-30(17-8-9-17)25(34)36-26(2,3)4/h6-7,10-13,17,28H,5,8-9,14H2,1-4H3,(H,29,32). The third-order valence-electron chi connectivity index (χ3n) is 5.58. The number of rotatable bonds is 7. The number of ether oxygens (including phenoxy) is 2. The van der Waals surface area contributed by atoms with Crippen molar-refractivity contribution in [3.05, 3.63) is 63.7 Å². The molecule has 1 heterocycles. The van der Waals surface area contributed by atoms with Gasteiger partial charge in [-0.3, -0.25) is 15.6 Å². The number of esters is 1. The number of carbonyl (C=O) groups is 3. The number of amides is 2. The molecule has 0 unspecified atom stereocenters. The quantitative estimate of drug-likeness (QED) is 0.429. The number of nitrogens with zero attached hydrogens (tertiary/aromatic N) is 2. The summed E-state index contributed by atoms with van der Waals surface area (Å²) in [5.41, 5.74) is 3.08. The third-order valence-corrected chi connectivity index (χ3v) is 6.50. The Morgan fingerprint density at radius 1 is 1.19 bits per heavy atom. The van der Waals surface area contributed by atoms with Crippen LogP contribution in [0.5, 0.6) is 0 Å². The number of carbonyl (C=O) groups excluding carboxylic acids is 3. The molecule has 1 aromatic heterocycles. The SMILES string of the molecule is CCOC(=O)c1ccc2c(c1)sc(=N)n2NC(=O)c1ccc(CN(C(=O)OC(C)(C)C)C2CC2)cc1F. The molecule has 2 amide bonds. The van der Waals surface area contributed by atoms with Crippen LogP contribution in [-0.2, 0) is 16.0 Å². The Bertz CT molecular complexity index is 1420. The maximum absolute atomic E-state index is 15.0. The molecule has 0 saturated heterocycles. The summed E-state index contributed by atoms with van der Waals surface area (Å²) in [5, 5.41) is 8.23. The highest BCUT2D eigenvalue weighted by atomic mass is 32.1. The predicted octanol–water partition coefficient (Wildman–Crippen LogP) is 4.78. The molecule has 1 aliphatic carbocycles. The molecule has 0 bridgehead atoms. The highest BCUT2D eigenvalue weighted by Crippen LogP contribution is 2.30. The average Bonchev–Trinajstić information content (AvgIpc) is 3.60. The van der Waals surface area contributed by atoms with Crippen LogP contribution in [0.25, 0.3) is 10.2 Å². The van der Waals surface area contributed by atoms with Gasteiger partial charge in [0.2, 0.25) is 4.80 Å². The molecule has 11 heteroatoms. The molecule has 0 atom stereocenters. The second kappa shape index (κ2) is 10.3. The van der Waals surface area contributed by atoms with Crippen molar-refractivity contribution < 1.29 is 28.2 Å². The first kappa shape index (κ1) is 26.3. The van der Waals surface area contributed by atoms with Gasteiger partial charge in [-0.2, -0.15) is 0 Å². The molecule has 1 aliphatic rings. The van der Waals surface area contributed by atoms with Crippen LogP contribution in [-0.4, -0.2) is 45.8 Å². The first-order valence-corrected chi connectivity index (χ1v) is 12.7. The van der Waals surface area contributed by atoms with E-state index in [0.29, 0.717) is 21.3 Å². The second-order valence-electron chi connectivity index (χ2n) is 9.74. The molecule has 0 aliphatic heterocycles. The zero-order valence-corrected chi connectivity index (χ0v) is 21.9. The summed E-state index contributed by atoms with van der Waals surface area (Å²) < 4.78 is 27.3. The number of fused-ring (bicyclic) bond motifs is 1. The minimum absolute atomic E-state index is 0.00109. The van der Waals surface area contributed by atoms with Crippen LogP contribution in [0.3, 0.4) is 0 Å². The number of thiazole rings is 1. The predicted molar refractivity (Wildman–Crippen MR) is 137 cm³/mol. The van der Waals surface area contributed by atoms with E-state index in [9.17, 15) is 18.8 Å². The maximum atomic E-state index is 15.0. The maximum Gasteiger partial charge on any atom is 0.410 e. The summed E-state index contributed by atoms with van der Waals surface area (Å²) in [6, 6.07) is 8.98. The number of nitrogens with one attached hydrogen (secondary N) is 2. The van der Waals surface area contributed by atoms with E-state index < -0.39 is 29.4 Å². The second-order valence-corrected chi connectivity index (χ2v) is 10.8. The Balaban J connectivity index is 1.51. The number of halogens is 1. The van der Waals surface area contributed by atoms with E-state index in [1.54, 1.807) is 56.9 Å². The Hall–Kier alpha value is -3.73. The zero-order valence-electron chi connectivity index (χ0n) is 21.1. The van der Waals surface area contributed by atoms with Crippen molar-refractivity contribution in [3.63, 3.8) is 0 Å². The van der Waals surface area contributed by atoms with E-state index in [0.717, 1.165) is 24.2 Å². The molecule has 0 radical (unpaired) electrons. The van der Waals surface area contributed by atoms with Crippen molar-refractivity contribution in [1.82, 2.24) is 9.58 Å².